The van der Waals surface area contributed by atoms with Crippen molar-refractivity contribution in [1.82, 2.24) is 10.1 Å². The minimum absolute atomic E-state index is 0.148. The van der Waals surface area contributed by atoms with Crippen LogP contribution in [0, 0.1) is 6.92 Å². The van der Waals surface area contributed by atoms with Crippen LogP contribution in [0.5, 0.6) is 0 Å². The third-order valence-electron chi connectivity index (χ3n) is 3.33. The van der Waals surface area contributed by atoms with Gasteiger partial charge in [0, 0.05) is 6.92 Å². The number of benzene rings is 1. The predicted molar refractivity (Wildman–Crippen MR) is 92.2 cm³/mol. The fourth-order valence-corrected chi connectivity index (χ4v) is 2.85. The summed E-state index contributed by atoms with van der Waals surface area (Å²) in [5.74, 6) is -0.190. The highest BCUT2D eigenvalue weighted by molar-refractivity contribution is 7.13. The Morgan fingerprint density at radius 1 is 1.28 bits per heavy atom. The maximum absolute atomic E-state index is 12.3. The SMILES string of the molecule is CC(=O)Nc1c(C)cccc1C(=O)OCc1nc(-c2cccs2)no1. The van der Waals surface area contributed by atoms with E-state index in [1.165, 1.54) is 18.3 Å². The number of amides is 1. The van der Waals surface area contributed by atoms with Gasteiger partial charge in [-0.25, -0.2) is 4.79 Å². The molecule has 0 saturated heterocycles. The first-order valence-corrected chi connectivity index (χ1v) is 8.33. The average molecular weight is 357 g/mol. The number of carbonyl (C=O) groups excluding carboxylic acids is 2. The number of thiophene rings is 1. The molecule has 0 atom stereocenters. The minimum atomic E-state index is -0.580. The number of nitrogens with one attached hydrogen (secondary N) is 1. The van der Waals surface area contributed by atoms with Crippen molar-refractivity contribution < 1.29 is 18.8 Å². The van der Waals surface area contributed by atoms with Crippen molar-refractivity contribution in [2.45, 2.75) is 20.5 Å². The van der Waals surface area contributed by atoms with Gasteiger partial charge in [-0.3, -0.25) is 4.79 Å². The zero-order chi connectivity index (χ0) is 17.8. The van der Waals surface area contributed by atoms with Crippen molar-refractivity contribution in [3.63, 3.8) is 0 Å². The van der Waals surface area contributed by atoms with Gasteiger partial charge in [0.1, 0.15) is 0 Å². The summed E-state index contributed by atoms with van der Waals surface area (Å²) in [6.45, 7) is 3.03. The van der Waals surface area contributed by atoms with Gasteiger partial charge in [-0.2, -0.15) is 4.98 Å². The number of nitrogens with zero attached hydrogens (tertiary/aromatic N) is 2. The van der Waals surface area contributed by atoms with Crippen LogP contribution < -0.4 is 5.32 Å². The molecule has 1 aromatic carbocycles. The van der Waals surface area contributed by atoms with Crippen LogP contribution in [0.2, 0.25) is 0 Å². The summed E-state index contributed by atoms with van der Waals surface area (Å²) >= 11 is 1.49. The lowest BCUT2D eigenvalue weighted by molar-refractivity contribution is -0.114. The van der Waals surface area contributed by atoms with Crippen LogP contribution in [-0.2, 0) is 16.1 Å². The van der Waals surface area contributed by atoms with E-state index in [0.717, 1.165) is 10.4 Å². The zero-order valence-electron chi connectivity index (χ0n) is 13.6. The van der Waals surface area contributed by atoms with Gasteiger partial charge in [-0.1, -0.05) is 23.4 Å². The minimum Gasteiger partial charge on any atom is -0.452 e. The molecule has 128 valence electrons. The van der Waals surface area contributed by atoms with Crippen molar-refractivity contribution in [2.24, 2.45) is 0 Å². The molecule has 3 rings (SSSR count). The van der Waals surface area contributed by atoms with E-state index in [1.807, 2.05) is 17.5 Å². The summed E-state index contributed by atoms with van der Waals surface area (Å²) in [5, 5.41) is 8.42. The Kier molecular flexibility index (Phi) is 4.90. The quantitative estimate of drug-likeness (QED) is 0.703. The second-order valence-corrected chi connectivity index (χ2v) is 6.19. The Morgan fingerprint density at radius 3 is 2.84 bits per heavy atom. The van der Waals surface area contributed by atoms with Crippen LogP contribution in [0.3, 0.4) is 0 Å². The number of para-hydroxylation sites is 1. The summed E-state index contributed by atoms with van der Waals surface area (Å²) in [4.78, 5) is 28.7. The van der Waals surface area contributed by atoms with Crippen molar-refractivity contribution in [3.8, 4) is 10.7 Å². The molecular formula is C17H15N3O4S. The van der Waals surface area contributed by atoms with E-state index in [9.17, 15) is 9.59 Å². The first-order valence-electron chi connectivity index (χ1n) is 7.45. The van der Waals surface area contributed by atoms with E-state index in [1.54, 1.807) is 25.1 Å². The molecule has 0 spiro atoms. The molecule has 25 heavy (non-hydrogen) atoms. The van der Waals surface area contributed by atoms with Gasteiger partial charge in [-0.05, 0) is 30.0 Å². The molecule has 0 fully saturated rings. The third-order valence-corrected chi connectivity index (χ3v) is 4.20. The molecule has 0 aliphatic heterocycles. The Hall–Kier alpha value is -3.00. The molecule has 0 saturated carbocycles. The smallest absolute Gasteiger partial charge is 0.340 e. The number of aryl methyl sites for hydroxylation is 1. The van der Waals surface area contributed by atoms with Crippen LogP contribution >= 0.6 is 11.3 Å². The van der Waals surface area contributed by atoms with Gasteiger partial charge in [0.05, 0.1) is 16.1 Å². The largest absolute Gasteiger partial charge is 0.452 e. The molecule has 0 aliphatic carbocycles. The molecule has 8 heteroatoms. The maximum Gasteiger partial charge on any atom is 0.340 e. The fraction of sp³-hybridized carbons (Fsp3) is 0.176. The topological polar surface area (TPSA) is 94.3 Å². The van der Waals surface area contributed by atoms with Gasteiger partial charge in [0.25, 0.3) is 5.89 Å². The van der Waals surface area contributed by atoms with Crippen LogP contribution in [-0.4, -0.2) is 22.0 Å². The fourth-order valence-electron chi connectivity index (χ4n) is 2.20. The number of hydrogen-bond donors (Lipinski definition) is 1. The lowest BCUT2D eigenvalue weighted by Gasteiger charge is -2.11. The number of carbonyl (C=O) groups is 2. The number of ether oxygens (including phenoxy) is 1. The molecule has 2 heterocycles. The molecule has 0 bridgehead atoms. The first-order chi connectivity index (χ1) is 12.0. The summed E-state index contributed by atoms with van der Waals surface area (Å²) in [6, 6.07) is 8.87. The molecule has 0 radical (unpaired) electrons. The molecule has 0 aliphatic rings. The van der Waals surface area contributed by atoms with E-state index in [-0.39, 0.29) is 24.0 Å². The summed E-state index contributed by atoms with van der Waals surface area (Å²) in [7, 11) is 0. The molecule has 7 nitrogen and oxygen atoms in total. The van der Waals surface area contributed by atoms with Crippen molar-refractivity contribution in [2.75, 3.05) is 5.32 Å². The highest BCUT2D eigenvalue weighted by Crippen LogP contribution is 2.23. The highest BCUT2D eigenvalue weighted by atomic mass is 32.1. The van der Waals surface area contributed by atoms with Crippen LogP contribution in [0.25, 0.3) is 10.7 Å². The van der Waals surface area contributed by atoms with E-state index in [0.29, 0.717) is 11.5 Å². The highest BCUT2D eigenvalue weighted by Gasteiger charge is 2.17. The molecule has 1 amide bonds. The van der Waals surface area contributed by atoms with Gasteiger partial charge >= 0.3 is 5.97 Å². The number of rotatable bonds is 5. The number of esters is 1. The van der Waals surface area contributed by atoms with Crippen LogP contribution in [0.15, 0.2) is 40.2 Å². The van der Waals surface area contributed by atoms with E-state index < -0.39 is 5.97 Å². The van der Waals surface area contributed by atoms with E-state index >= 15 is 0 Å². The summed E-state index contributed by atoms with van der Waals surface area (Å²) in [6.07, 6.45) is 0. The molecule has 1 N–H and O–H groups in total. The summed E-state index contributed by atoms with van der Waals surface area (Å²) in [5.41, 5.74) is 1.47. The van der Waals surface area contributed by atoms with Crippen molar-refractivity contribution in [3.05, 3.63) is 52.7 Å². The molecular weight excluding hydrogens is 342 g/mol. The van der Waals surface area contributed by atoms with E-state index in [4.69, 9.17) is 9.26 Å². The van der Waals surface area contributed by atoms with Crippen LogP contribution in [0.4, 0.5) is 5.69 Å². The van der Waals surface area contributed by atoms with Gasteiger partial charge in [-0.15, -0.1) is 11.3 Å². The van der Waals surface area contributed by atoms with Gasteiger partial charge in [0.2, 0.25) is 11.7 Å². The van der Waals surface area contributed by atoms with Crippen LogP contribution in [0.1, 0.15) is 28.7 Å². The van der Waals surface area contributed by atoms with Gasteiger partial charge < -0.3 is 14.6 Å². The molecule has 3 aromatic rings. The average Bonchev–Trinajstić information content (AvgIpc) is 3.25. The van der Waals surface area contributed by atoms with E-state index in [2.05, 4.69) is 15.5 Å². The predicted octanol–water partition coefficient (Wildman–Crippen LogP) is 3.42. The summed E-state index contributed by atoms with van der Waals surface area (Å²) < 4.78 is 10.3. The Morgan fingerprint density at radius 2 is 2.12 bits per heavy atom. The number of hydrogen-bond acceptors (Lipinski definition) is 7. The van der Waals surface area contributed by atoms with Crippen molar-refractivity contribution in [1.29, 1.82) is 0 Å². The third kappa shape index (κ3) is 3.92. The normalized spacial score (nSPS) is 10.5. The zero-order valence-corrected chi connectivity index (χ0v) is 14.4. The second kappa shape index (κ2) is 7.27. The Labute approximate surface area is 147 Å². The maximum atomic E-state index is 12.3. The second-order valence-electron chi connectivity index (χ2n) is 5.24. The monoisotopic (exact) mass is 357 g/mol. The Balaban J connectivity index is 1.71. The number of aromatic nitrogens is 2. The molecule has 2 aromatic heterocycles. The molecule has 0 unspecified atom stereocenters. The lowest BCUT2D eigenvalue weighted by atomic mass is 10.1. The van der Waals surface area contributed by atoms with Crippen molar-refractivity contribution >= 4 is 28.9 Å². The first kappa shape index (κ1) is 16.8. The standard InChI is InChI=1S/C17H15N3O4S/c1-10-5-3-6-12(15(10)18-11(2)21)17(22)23-9-14-19-16(20-24-14)13-7-4-8-25-13/h3-8H,9H2,1-2H3,(H,18,21). The lowest BCUT2D eigenvalue weighted by Crippen LogP contribution is -2.14. The number of anilines is 1. The Bertz CT molecular complexity index is 903. The van der Waals surface area contributed by atoms with Gasteiger partial charge in [0.15, 0.2) is 6.61 Å².